The minimum absolute atomic E-state index is 0. The number of amides is 2. The van der Waals surface area contributed by atoms with Crippen molar-refractivity contribution in [3.63, 3.8) is 0 Å². The molecule has 134 valence electrons. The summed E-state index contributed by atoms with van der Waals surface area (Å²) in [5, 5.41) is 11.4. The van der Waals surface area contributed by atoms with Crippen LogP contribution in [0.2, 0.25) is 0 Å². The van der Waals surface area contributed by atoms with Gasteiger partial charge in [-0.05, 0) is 5.56 Å². The maximum Gasteiger partial charge on any atom is 0.353 e. The number of benzene rings is 1. The summed E-state index contributed by atoms with van der Waals surface area (Å²) in [6, 6.07) is 7.07. The van der Waals surface area contributed by atoms with E-state index in [0.717, 1.165) is 4.90 Å². The van der Waals surface area contributed by atoms with Crippen molar-refractivity contribution in [1.82, 2.24) is 10.2 Å². The lowest BCUT2D eigenvalue weighted by atomic mass is 10.0. The van der Waals surface area contributed by atoms with E-state index in [4.69, 9.17) is 17.3 Å². The summed E-state index contributed by atoms with van der Waals surface area (Å²) in [4.78, 5) is 36.9. The Morgan fingerprint density at radius 3 is 2.60 bits per heavy atom. The molecule has 0 bridgehead atoms. The molecule has 0 aromatic heterocycles. The fourth-order valence-corrected chi connectivity index (χ4v) is 4.19. The summed E-state index contributed by atoms with van der Waals surface area (Å²) in [5.41, 5.74) is 6.32. The molecular weight excluding hydrogens is 370 g/mol. The summed E-state index contributed by atoms with van der Waals surface area (Å²) in [6.45, 7) is 0. The summed E-state index contributed by atoms with van der Waals surface area (Å²) in [6.07, 6.45) is 0. The van der Waals surface area contributed by atoms with E-state index >= 15 is 0 Å². The molecule has 0 saturated carbocycles. The molecule has 25 heavy (non-hydrogen) atoms. The van der Waals surface area contributed by atoms with Crippen LogP contribution in [0.4, 0.5) is 0 Å². The fourth-order valence-electron chi connectivity index (χ4n) is 2.64. The molecule has 1 fully saturated rings. The molecule has 8 nitrogen and oxygen atoms in total. The van der Waals surface area contributed by atoms with E-state index in [-0.39, 0.29) is 22.0 Å². The highest BCUT2D eigenvalue weighted by Gasteiger charge is 2.54. The van der Waals surface area contributed by atoms with E-state index in [0.29, 0.717) is 5.56 Å². The lowest BCUT2D eigenvalue weighted by Crippen LogP contribution is -2.70. The number of thioether (sulfide) groups is 1. The zero-order valence-corrected chi connectivity index (χ0v) is 14.4. The van der Waals surface area contributed by atoms with Gasteiger partial charge in [-0.15, -0.1) is 11.8 Å². The van der Waals surface area contributed by atoms with Crippen LogP contribution in [0, 0.1) is 0 Å². The number of nitrogens with two attached hydrogens (primary N) is 1. The highest BCUT2D eigenvalue weighted by molar-refractivity contribution is 8.00. The lowest BCUT2D eigenvalue weighted by molar-refractivity contribution is -0.150. The quantitative estimate of drug-likeness (QED) is 0.612. The largest absolute Gasteiger partial charge is 0.477 e. The molecule has 1 aromatic carbocycles. The normalized spacial score (nSPS) is 23.1. The Bertz CT molecular complexity index is 742. The number of carboxylic acids is 1. The van der Waals surface area contributed by atoms with Gasteiger partial charge in [-0.3, -0.25) is 14.5 Å². The minimum Gasteiger partial charge on any atom is -0.477 e. The molecule has 2 amide bonds. The predicted molar refractivity (Wildman–Crippen MR) is 92.5 cm³/mol. The molecule has 3 atom stereocenters. The molecule has 10 heteroatoms. The van der Waals surface area contributed by atoms with Crippen molar-refractivity contribution >= 4 is 41.1 Å². The summed E-state index contributed by atoms with van der Waals surface area (Å²) < 4.78 is 0. The standard InChI is InChI=1S/C15H14ClN3O4S.H2O/c16-8-6-24-14-10(13(21)19(14)11(8)15(22)23)18-12(20)9(17)7-4-2-1-3-5-7;/h1-5,9-10,14H,6,17H2,(H,18,20)(H,22,23);1H2/t9?,10-,14-;/m1./s1. The second kappa shape index (κ2) is 7.44. The number of carbonyl (C=O) groups excluding carboxylic acids is 2. The molecule has 2 aliphatic rings. The van der Waals surface area contributed by atoms with Crippen molar-refractivity contribution < 1.29 is 25.0 Å². The molecule has 0 radical (unpaired) electrons. The molecule has 0 spiro atoms. The van der Waals surface area contributed by atoms with Gasteiger partial charge in [-0.1, -0.05) is 41.9 Å². The van der Waals surface area contributed by atoms with E-state index in [9.17, 15) is 19.5 Å². The number of aliphatic carboxylic acids is 1. The van der Waals surface area contributed by atoms with Crippen molar-refractivity contribution in [3.8, 4) is 0 Å². The first kappa shape index (κ1) is 19.3. The molecule has 3 rings (SSSR count). The van der Waals surface area contributed by atoms with Crippen molar-refractivity contribution in [2.24, 2.45) is 5.73 Å². The number of hydrogen-bond acceptors (Lipinski definition) is 5. The second-order valence-corrected chi connectivity index (χ2v) is 6.90. The molecular formula is C15H16ClN3O5S. The Balaban J connectivity index is 0.00000225. The zero-order chi connectivity index (χ0) is 17.4. The first-order valence-electron chi connectivity index (χ1n) is 7.09. The number of β-lactam (4-membered cyclic amide) rings is 1. The Morgan fingerprint density at radius 1 is 1.36 bits per heavy atom. The summed E-state index contributed by atoms with van der Waals surface area (Å²) >= 11 is 7.20. The van der Waals surface area contributed by atoms with E-state index < -0.39 is 35.2 Å². The van der Waals surface area contributed by atoms with Gasteiger partial charge in [0.25, 0.3) is 5.91 Å². The van der Waals surface area contributed by atoms with E-state index in [1.54, 1.807) is 24.3 Å². The number of rotatable bonds is 4. The molecule has 2 aliphatic heterocycles. The molecule has 1 aromatic rings. The Morgan fingerprint density at radius 2 is 2.00 bits per heavy atom. The number of carbonyl (C=O) groups is 3. The molecule has 2 heterocycles. The van der Waals surface area contributed by atoms with Gasteiger partial charge in [0.15, 0.2) is 0 Å². The van der Waals surface area contributed by atoms with Crippen LogP contribution in [0.1, 0.15) is 11.6 Å². The number of nitrogens with zero attached hydrogens (tertiary/aromatic N) is 1. The van der Waals surface area contributed by atoms with Crippen LogP contribution in [-0.2, 0) is 14.4 Å². The minimum atomic E-state index is -1.26. The van der Waals surface area contributed by atoms with Crippen molar-refractivity contribution in [2.45, 2.75) is 17.5 Å². The van der Waals surface area contributed by atoms with E-state index in [1.165, 1.54) is 11.8 Å². The van der Waals surface area contributed by atoms with Gasteiger partial charge in [0.1, 0.15) is 23.2 Å². The monoisotopic (exact) mass is 385 g/mol. The van der Waals surface area contributed by atoms with E-state index in [1.807, 2.05) is 6.07 Å². The number of carboxylic acid groups (broad SMARTS) is 1. The van der Waals surface area contributed by atoms with Gasteiger partial charge in [0.2, 0.25) is 5.91 Å². The molecule has 1 unspecified atom stereocenters. The van der Waals surface area contributed by atoms with Gasteiger partial charge in [-0.25, -0.2) is 4.79 Å². The lowest BCUT2D eigenvalue weighted by Gasteiger charge is -2.48. The predicted octanol–water partition coefficient (Wildman–Crippen LogP) is -0.203. The van der Waals surface area contributed by atoms with Crippen LogP contribution in [0.25, 0.3) is 0 Å². The third kappa shape index (κ3) is 3.36. The highest BCUT2D eigenvalue weighted by Crippen LogP contribution is 2.41. The summed E-state index contributed by atoms with van der Waals surface area (Å²) in [7, 11) is 0. The van der Waals surface area contributed by atoms with Crippen molar-refractivity contribution in [2.75, 3.05) is 5.75 Å². The highest BCUT2D eigenvalue weighted by atomic mass is 35.5. The Hall–Kier alpha value is -2.07. The van der Waals surface area contributed by atoms with Crippen LogP contribution in [0.15, 0.2) is 41.1 Å². The van der Waals surface area contributed by atoms with Gasteiger partial charge in [0, 0.05) is 5.75 Å². The maximum absolute atomic E-state index is 12.3. The van der Waals surface area contributed by atoms with Crippen LogP contribution in [0.3, 0.4) is 0 Å². The van der Waals surface area contributed by atoms with Gasteiger partial charge >= 0.3 is 5.97 Å². The first-order chi connectivity index (χ1) is 11.4. The van der Waals surface area contributed by atoms with Gasteiger partial charge in [-0.2, -0.15) is 0 Å². The van der Waals surface area contributed by atoms with E-state index in [2.05, 4.69) is 5.32 Å². The van der Waals surface area contributed by atoms with Crippen LogP contribution < -0.4 is 11.1 Å². The third-order valence-corrected chi connectivity index (χ3v) is 5.61. The third-order valence-electron chi connectivity index (χ3n) is 3.86. The van der Waals surface area contributed by atoms with Crippen LogP contribution in [0.5, 0.6) is 0 Å². The number of fused-ring (bicyclic) bond motifs is 1. The average Bonchev–Trinajstić information content (AvgIpc) is 2.59. The van der Waals surface area contributed by atoms with Crippen LogP contribution >= 0.6 is 23.4 Å². The molecule has 0 aliphatic carbocycles. The Labute approximate surface area is 152 Å². The average molecular weight is 386 g/mol. The number of hydrogen-bond donors (Lipinski definition) is 3. The fraction of sp³-hybridized carbons (Fsp3) is 0.267. The van der Waals surface area contributed by atoms with Crippen LogP contribution in [-0.4, -0.2) is 50.4 Å². The number of halogens is 1. The van der Waals surface area contributed by atoms with Crippen molar-refractivity contribution in [3.05, 3.63) is 46.6 Å². The SMILES string of the molecule is NC(C(=O)N[C@@H]1C(=O)N2C(C(=O)O)=C(Cl)CS[C@H]12)c1ccccc1.O. The second-order valence-electron chi connectivity index (χ2n) is 5.34. The van der Waals surface area contributed by atoms with Crippen molar-refractivity contribution in [1.29, 1.82) is 0 Å². The topological polar surface area (TPSA) is 144 Å². The first-order valence-corrected chi connectivity index (χ1v) is 8.52. The number of nitrogens with one attached hydrogen (secondary N) is 1. The van der Waals surface area contributed by atoms with Gasteiger partial charge in [0.05, 0.1) is 5.03 Å². The molecule has 1 saturated heterocycles. The zero-order valence-electron chi connectivity index (χ0n) is 12.8. The Kier molecular flexibility index (Phi) is 5.73. The smallest absolute Gasteiger partial charge is 0.353 e. The molecule has 6 N–H and O–H groups in total. The summed E-state index contributed by atoms with van der Waals surface area (Å²) in [5.74, 6) is -1.98. The maximum atomic E-state index is 12.3. The van der Waals surface area contributed by atoms with Gasteiger partial charge < -0.3 is 21.6 Å².